The summed E-state index contributed by atoms with van der Waals surface area (Å²) in [5.41, 5.74) is 0.505. The van der Waals surface area contributed by atoms with Crippen molar-refractivity contribution in [2.45, 2.75) is 32.4 Å². The van der Waals surface area contributed by atoms with Crippen LogP contribution in [0.15, 0.2) is 18.2 Å². The van der Waals surface area contributed by atoms with Crippen LogP contribution in [-0.4, -0.2) is 29.3 Å². The molecule has 1 aromatic carbocycles. The molecule has 6 heteroatoms. The first-order valence-electron chi connectivity index (χ1n) is 6.53. The third-order valence-electron chi connectivity index (χ3n) is 3.23. The fraction of sp³-hybridized carbons (Fsp3) is 0.429. The number of carbonyl (C=O) groups excluding carboxylic acids is 2. The van der Waals surface area contributed by atoms with Crippen molar-refractivity contribution in [2.24, 2.45) is 0 Å². The van der Waals surface area contributed by atoms with Crippen molar-refractivity contribution in [1.29, 1.82) is 0 Å². The maximum Gasteiger partial charge on any atom is 0.245 e. The van der Waals surface area contributed by atoms with E-state index in [0.717, 1.165) is 6.42 Å². The Bertz CT molecular complexity index is 536. The Labute approximate surface area is 121 Å². The maximum atomic E-state index is 13.2. The number of hydrogen-bond donors (Lipinski definition) is 1. The molecule has 0 aliphatic carbocycles. The Balaban J connectivity index is 2.16. The Kier molecular flexibility index (Phi) is 4.60. The van der Waals surface area contributed by atoms with Gasteiger partial charge in [0.1, 0.15) is 11.9 Å². The number of amides is 2. The first-order chi connectivity index (χ1) is 9.51. The molecule has 0 radical (unpaired) electrons. The average Bonchev–Trinajstić information content (AvgIpc) is 2.39. The molecule has 0 spiro atoms. The standard InChI is InChI=1S/C14H16ClFN2O2/c1-2-3-12-14(20)18(8-13(19)17-12)7-9-6-10(16)4-5-11(9)15/h4-6,12H,2-3,7-8H2,1H3,(H,17,19). The number of benzene rings is 1. The molecular weight excluding hydrogens is 283 g/mol. The summed E-state index contributed by atoms with van der Waals surface area (Å²) in [7, 11) is 0. The Hall–Kier alpha value is -1.62. The SMILES string of the molecule is CCCC1NC(=O)CN(Cc2cc(F)ccc2Cl)C1=O. The Morgan fingerprint density at radius 2 is 2.20 bits per heavy atom. The molecule has 2 rings (SSSR count). The molecule has 4 nitrogen and oxygen atoms in total. The molecule has 1 N–H and O–H groups in total. The molecule has 1 unspecified atom stereocenters. The van der Waals surface area contributed by atoms with Crippen molar-refractivity contribution in [3.63, 3.8) is 0 Å². The number of hydrogen-bond acceptors (Lipinski definition) is 2. The van der Waals surface area contributed by atoms with Crippen LogP contribution in [0.4, 0.5) is 4.39 Å². The molecule has 1 fully saturated rings. The quantitative estimate of drug-likeness (QED) is 0.925. The highest BCUT2D eigenvalue weighted by Gasteiger charge is 2.32. The Morgan fingerprint density at radius 1 is 1.45 bits per heavy atom. The fourth-order valence-electron chi connectivity index (χ4n) is 2.26. The van der Waals surface area contributed by atoms with Crippen LogP contribution in [0.1, 0.15) is 25.3 Å². The summed E-state index contributed by atoms with van der Waals surface area (Å²) in [5, 5.41) is 3.06. The second-order valence-electron chi connectivity index (χ2n) is 4.84. The minimum absolute atomic E-state index is 0.0219. The molecule has 1 aromatic rings. The third kappa shape index (κ3) is 3.28. The highest BCUT2D eigenvalue weighted by Crippen LogP contribution is 2.20. The lowest BCUT2D eigenvalue weighted by Gasteiger charge is -2.32. The lowest BCUT2D eigenvalue weighted by molar-refractivity contribution is -0.145. The van der Waals surface area contributed by atoms with Gasteiger partial charge in [0.05, 0.1) is 6.54 Å². The summed E-state index contributed by atoms with van der Waals surface area (Å²) in [6, 6.07) is 3.51. The monoisotopic (exact) mass is 298 g/mol. The normalized spacial score (nSPS) is 19.1. The smallest absolute Gasteiger partial charge is 0.245 e. The second kappa shape index (κ2) is 6.22. The van der Waals surface area contributed by atoms with E-state index in [1.807, 2.05) is 6.92 Å². The van der Waals surface area contributed by atoms with Gasteiger partial charge in [-0.05, 0) is 30.2 Å². The van der Waals surface area contributed by atoms with E-state index in [4.69, 9.17) is 11.6 Å². The molecule has 0 saturated carbocycles. The predicted molar refractivity (Wildman–Crippen MR) is 73.7 cm³/mol. The van der Waals surface area contributed by atoms with E-state index in [0.29, 0.717) is 17.0 Å². The first kappa shape index (κ1) is 14.8. The Morgan fingerprint density at radius 3 is 2.90 bits per heavy atom. The third-order valence-corrected chi connectivity index (χ3v) is 3.59. The lowest BCUT2D eigenvalue weighted by Crippen LogP contribution is -2.57. The van der Waals surface area contributed by atoms with Crippen LogP contribution >= 0.6 is 11.6 Å². The van der Waals surface area contributed by atoms with Gasteiger partial charge in [-0.3, -0.25) is 9.59 Å². The summed E-state index contributed by atoms with van der Waals surface area (Å²) in [4.78, 5) is 25.3. The van der Waals surface area contributed by atoms with Crippen LogP contribution < -0.4 is 5.32 Å². The average molecular weight is 299 g/mol. The van der Waals surface area contributed by atoms with Crippen LogP contribution in [0, 0.1) is 5.82 Å². The topological polar surface area (TPSA) is 49.4 Å². The highest BCUT2D eigenvalue weighted by molar-refractivity contribution is 6.31. The van der Waals surface area contributed by atoms with E-state index in [1.165, 1.54) is 23.1 Å². The lowest BCUT2D eigenvalue weighted by atomic mass is 10.1. The zero-order valence-corrected chi connectivity index (χ0v) is 11.9. The number of rotatable bonds is 4. The van der Waals surface area contributed by atoms with Gasteiger partial charge in [0.2, 0.25) is 11.8 Å². The van der Waals surface area contributed by atoms with Gasteiger partial charge in [-0.25, -0.2) is 4.39 Å². The van der Waals surface area contributed by atoms with Crippen LogP contribution in [0.2, 0.25) is 5.02 Å². The molecule has 1 saturated heterocycles. The van der Waals surface area contributed by atoms with Crippen molar-refractivity contribution >= 4 is 23.4 Å². The van der Waals surface area contributed by atoms with Crippen LogP contribution in [0.25, 0.3) is 0 Å². The molecule has 1 heterocycles. The van der Waals surface area contributed by atoms with E-state index < -0.39 is 11.9 Å². The van der Waals surface area contributed by atoms with Crippen LogP contribution in [-0.2, 0) is 16.1 Å². The molecule has 20 heavy (non-hydrogen) atoms. The number of nitrogens with zero attached hydrogens (tertiary/aromatic N) is 1. The van der Waals surface area contributed by atoms with E-state index in [9.17, 15) is 14.0 Å². The zero-order chi connectivity index (χ0) is 14.7. The first-order valence-corrected chi connectivity index (χ1v) is 6.91. The summed E-state index contributed by atoms with van der Waals surface area (Å²) >= 11 is 5.99. The van der Waals surface area contributed by atoms with Crippen LogP contribution in [0.3, 0.4) is 0 Å². The van der Waals surface area contributed by atoms with Gasteiger partial charge in [-0.1, -0.05) is 24.9 Å². The number of piperazine rings is 1. The van der Waals surface area contributed by atoms with Crippen molar-refractivity contribution in [1.82, 2.24) is 10.2 Å². The molecule has 2 amide bonds. The van der Waals surface area contributed by atoms with Gasteiger partial charge in [0, 0.05) is 11.6 Å². The summed E-state index contributed by atoms with van der Waals surface area (Å²) < 4.78 is 13.2. The van der Waals surface area contributed by atoms with Gasteiger partial charge in [-0.15, -0.1) is 0 Å². The predicted octanol–water partition coefficient (Wildman–Crippen LogP) is 2.11. The van der Waals surface area contributed by atoms with Gasteiger partial charge in [0.15, 0.2) is 0 Å². The van der Waals surface area contributed by atoms with Crippen molar-refractivity contribution in [3.05, 3.63) is 34.6 Å². The van der Waals surface area contributed by atoms with E-state index >= 15 is 0 Å². The molecule has 0 aromatic heterocycles. The highest BCUT2D eigenvalue weighted by atomic mass is 35.5. The van der Waals surface area contributed by atoms with Gasteiger partial charge in [0.25, 0.3) is 0 Å². The van der Waals surface area contributed by atoms with Crippen LogP contribution in [0.5, 0.6) is 0 Å². The zero-order valence-electron chi connectivity index (χ0n) is 11.2. The summed E-state index contributed by atoms with van der Waals surface area (Å²) in [6.45, 7) is 2.07. The van der Waals surface area contributed by atoms with E-state index in [2.05, 4.69) is 5.32 Å². The molecule has 1 aliphatic heterocycles. The van der Waals surface area contributed by atoms with Crippen molar-refractivity contribution < 1.29 is 14.0 Å². The van der Waals surface area contributed by atoms with Crippen molar-refractivity contribution in [2.75, 3.05) is 6.54 Å². The molecule has 108 valence electrons. The molecule has 0 bridgehead atoms. The number of halogens is 2. The van der Waals surface area contributed by atoms with E-state index in [1.54, 1.807) is 0 Å². The molecular formula is C14H16ClFN2O2. The largest absolute Gasteiger partial charge is 0.343 e. The van der Waals surface area contributed by atoms with Gasteiger partial charge < -0.3 is 10.2 Å². The summed E-state index contributed by atoms with van der Waals surface area (Å²) in [6.07, 6.45) is 1.39. The van der Waals surface area contributed by atoms with E-state index in [-0.39, 0.29) is 24.9 Å². The second-order valence-corrected chi connectivity index (χ2v) is 5.25. The fourth-order valence-corrected chi connectivity index (χ4v) is 2.44. The maximum absolute atomic E-state index is 13.2. The number of nitrogens with one attached hydrogen (secondary N) is 1. The summed E-state index contributed by atoms with van der Waals surface area (Å²) in [5.74, 6) is -0.759. The van der Waals surface area contributed by atoms with Gasteiger partial charge in [-0.2, -0.15) is 0 Å². The van der Waals surface area contributed by atoms with Gasteiger partial charge >= 0.3 is 0 Å². The minimum atomic E-state index is -0.492. The van der Waals surface area contributed by atoms with Crippen molar-refractivity contribution in [3.8, 4) is 0 Å². The number of carbonyl (C=O) groups is 2. The molecule has 1 atom stereocenters. The molecule has 1 aliphatic rings. The minimum Gasteiger partial charge on any atom is -0.343 e.